The molecule has 0 unspecified atom stereocenters. The van der Waals surface area contributed by atoms with Crippen molar-refractivity contribution in [2.75, 3.05) is 19.0 Å². The van der Waals surface area contributed by atoms with Crippen LogP contribution < -0.4 is 5.32 Å². The molecule has 0 aliphatic heterocycles. The number of nitrogens with one attached hydrogen (secondary N) is 1. The van der Waals surface area contributed by atoms with Gasteiger partial charge in [-0.15, -0.1) is 0 Å². The van der Waals surface area contributed by atoms with E-state index in [1.807, 2.05) is 0 Å². The zero-order chi connectivity index (χ0) is 11.1. The Labute approximate surface area is 92.8 Å². The summed E-state index contributed by atoms with van der Waals surface area (Å²) in [5.41, 5.74) is 0. The van der Waals surface area contributed by atoms with Crippen LogP contribution in [0.4, 0.5) is 5.82 Å². The first-order valence-corrected chi connectivity index (χ1v) is 4.87. The Morgan fingerprint density at radius 3 is 3.13 bits per heavy atom. The lowest BCUT2D eigenvalue weighted by molar-refractivity contribution is -0.116. The Kier molecular flexibility index (Phi) is 5.00. The molecule has 1 amide bonds. The Morgan fingerprint density at radius 2 is 2.47 bits per heavy atom. The highest BCUT2D eigenvalue weighted by atomic mass is 35.5. The summed E-state index contributed by atoms with van der Waals surface area (Å²) >= 11 is 5.56. The van der Waals surface area contributed by atoms with Crippen molar-refractivity contribution in [2.45, 2.75) is 12.8 Å². The van der Waals surface area contributed by atoms with Gasteiger partial charge in [0.05, 0.1) is 0 Å². The van der Waals surface area contributed by atoms with Gasteiger partial charge in [0.25, 0.3) is 0 Å². The van der Waals surface area contributed by atoms with E-state index in [9.17, 15) is 4.79 Å². The summed E-state index contributed by atoms with van der Waals surface area (Å²) in [5.74, 6) is 0.305. The van der Waals surface area contributed by atoms with Crippen LogP contribution in [0.3, 0.4) is 0 Å². The quantitative estimate of drug-likeness (QED) is 0.614. The van der Waals surface area contributed by atoms with E-state index in [1.54, 1.807) is 13.2 Å². The number of carbonyl (C=O) groups is 1. The number of anilines is 1. The summed E-state index contributed by atoms with van der Waals surface area (Å²) in [6.07, 6.45) is 2.57. The van der Waals surface area contributed by atoms with Crippen molar-refractivity contribution in [1.82, 2.24) is 9.97 Å². The van der Waals surface area contributed by atoms with Gasteiger partial charge in [-0.2, -0.15) is 0 Å². The lowest BCUT2D eigenvalue weighted by atomic mass is 10.3. The number of ether oxygens (including phenoxy) is 1. The summed E-state index contributed by atoms with van der Waals surface area (Å²) in [4.78, 5) is 18.9. The average Bonchev–Trinajstić information content (AvgIpc) is 2.18. The molecular formula is C9H12ClN3O2. The van der Waals surface area contributed by atoms with E-state index >= 15 is 0 Å². The van der Waals surface area contributed by atoms with E-state index < -0.39 is 0 Å². The Bertz CT molecular complexity index is 333. The standard InChI is InChI=1S/C9H12ClN3O2/c1-15-6-2-3-8(14)12-7-4-5-11-9(10)13-7/h4-5H,2-3,6H2,1H3,(H,11,12,13,14). The number of halogens is 1. The third kappa shape index (κ3) is 4.71. The van der Waals surface area contributed by atoms with Crippen LogP contribution in [0.25, 0.3) is 0 Å². The van der Waals surface area contributed by atoms with Gasteiger partial charge in [-0.1, -0.05) is 0 Å². The van der Waals surface area contributed by atoms with Crippen molar-refractivity contribution in [3.8, 4) is 0 Å². The second-order valence-electron chi connectivity index (χ2n) is 2.86. The molecule has 0 radical (unpaired) electrons. The first-order chi connectivity index (χ1) is 7.22. The van der Waals surface area contributed by atoms with Gasteiger partial charge < -0.3 is 10.1 Å². The highest BCUT2D eigenvalue weighted by Gasteiger charge is 2.03. The fourth-order valence-electron chi connectivity index (χ4n) is 0.987. The van der Waals surface area contributed by atoms with Gasteiger partial charge >= 0.3 is 0 Å². The number of methoxy groups -OCH3 is 1. The zero-order valence-electron chi connectivity index (χ0n) is 8.36. The second kappa shape index (κ2) is 6.31. The lowest BCUT2D eigenvalue weighted by Gasteiger charge is -2.03. The van der Waals surface area contributed by atoms with E-state index in [1.165, 1.54) is 6.20 Å². The molecular weight excluding hydrogens is 218 g/mol. The highest BCUT2D eigenvalue weighted by molar-refractivity contribution is 6.28. The maximum Gasteiger partial charge on any atom is 0.225 e. The minimum Gasteiger partial charge on any atom is -0.385 e. The van der Waals surface area contributed by atoms with Crippen LogP contribution in [0.2, 0.25) is 5.28 Å². The predicted octanol–water partition coefficient (Wildman–Crippen LogP) is 1.50. The molecule has 5 nitrogen and oxygen atoms in total. The third-order valence-corrected chi connectivity index (χ3v) is 1.83. The average molecular weight is 230 g/mol. The number of carbonyl (C=O) groups excluding carboxylic acids is 1. The fourth-order valence-corrected chi connectivity index (χ4v) is 1.13. The van der Waals surface area contributed by atoms with Gasteiger partial charge in [0.15, 0.2) is 0 Å². The van der Waals surface area contributed by atoms with Crippen LogP contribution in [-0.4, -0.2) is 29.6 Å². The van der Waals surface area contributed by atoms with Gasteiger partial charge in [-0.3, -0.25) is 4.79 Å². The van der Waals surface area contributed by atoms with Crippen molar-refractivity contribution in [3.63, 3.8) is 0 Å². The lowest BCUT2D eigenvalue weighted by Crippen LogP contribution is -2.13. The maximum absolute atomic E-state index is 11.3. The molecule has 82 valence electrons. The number of aromatic nitrogens is 2. The van der Waals surface area contributed by atoms with Gasteiger partial charge in [-0.25, -0.2) is 9.97 Å². The topological polar surface area (TPSA) is 64.1 Å². The molecule has 1 heterocycles. The molecule has 0 saturated carbocycles. The van der Waals surface area contributed by atoms with E-state index in [0.717, 1.165) is 0 Å². The molecule has 0 atom stereocenters. The number of hydrogen-bond acceptors (Lipinski definition) is 4. The van der Waals surface area contributed by atoms with E-state index in [0.29, 0.717) is 25.3 Å². The predicted molar refractivity (Wildman–Crippen MR) is 56.8 cm³/mol. The molecule has 0 aliphatic carbocycles. The highest BCUT2D eigenvalue weighted by Crippen LogP contribution is 2.06. The monoisotopic (exact) mass is 229 g/mol. The van der Waals surface area contributed by atoms with Crippen LogP contribution in [-0.2, 0) is 9.53 Å². The largest absolute Gasteiger partial charge is 0.385 e. The molecule has 1 aromatic rings. The summed E-state index contributed by atoms with van der Waals surface area (Å²) in [6, 6.07) is 1.58. The molecule has 0 bridgehead atoms. The molecule has 0 saturated heterocycles. The maximum atomic E-state index is 11.3. The summed E-state index contributed by atoms with van der Waals surface area (Å²) in [6.45, 7) is 0.567. The molecule has 0 aromatic carbocycles. The SMILES string of the molecule is COCCCC(=O)Nc1ccnc(Cl)n1. The number of amides is 1. The summed E-state index contributed by atoms with van der Waals surface area (Å²) in [5, 5.41) is 2.73. The third-order valence-electron chi connectivity index (χ3n) is 1.65. The number of hydrogen-bond donors (Lipinski definition) is 1. The molecule has 0 fully saturated rings. The number of rotatable bonds is 5. The first kappa shape index (κ1) is 11.9. The van der Waals surface area contributed by atoms with Crippen LogP contribution in [0, 0.1) is 0 Å². The Balaban J connectivity index is 2.37. The van der Waals surface area contributed by atoms with Gasteiger partial charge in [0.1, 0.15) is 5.82 Å². The molecule has 1 aromatic heterocycles. The molecule has 1 N–H and O–H groups in total. The van der Waals surface area contributed by atoms with Crippen LogP contribution in [0.1, 0.15) is 12.8 Å². The van der Waals surface area contributed by atoms with Crippen molar-refractivity contribution in [2.24, 2.45) is 0 Å². The van der Waals surface area contributed by atoms with Crippen LogP contribution in [0.15, 0.2) is 12.3 Å². The molecule has 6 heteroatoms. The van der Waals surface area contributed by atoms with Gasteiger partial charge in [0.2, 0.25) is 11.2 Å². The molecule has 0 aliphatic rings. The minimum absolute atomic E-state index is 0.109. The van der Waals surface area contributed by atoms with Crippen molar-refractivity contribution in [3.05, 3.63) is 17.5 Å². The van der Waals surface area contributed by atoms with E-state index in [4.69, 9.17) is 16.3 Å². The van der Waals surface area contributed by atoms with Gasteiger partial charge in [0, 0.05) is 26.3 Å². The normalized spacial score (nSPS) is 10.0. The van der Waals surface area contributed by atoms with Crippen molar-refractivity contribution in [1.29, 1.82) is 0 Å². The molecule has 0 spiro atoms. The van der Waals surface area contributed by atoms with Crippen LogP contribution in [0.5, 0.6) is 0 Å². The van der Waals surface area contributed by atoms with Crippen molar-refractivity contribution >= 4 is 23.3 Å². The minimum atomic E-state index is -0.109. The van der Waals surface area contributed by atoms with Crippen LogP contribution >= 0.6 is 11.6 Å². The molecule has 1 rings (SSSR count). The number of nitrogens with zero attached hydrogens (tertiary/aromatic N) is 2. The van der Waals surface area contributed by atoms with Crippen molar-refractivity contribution < 1.29 is 9.53 Å². The second-order valence-corrected chi connectivity index (χ2v) is 3.19. The first-order valence-electron chi connectivity index (χ1n) is 4.49. The Morgan fingerprint density at radius 1 is 1.67 bits per heavy atom. The summed E-state index contributed by atoms with van der Waals surface area (Å²) in [7, 11) is 1.60. The summed E-state index contributed by atoms with van der Waals surface area (Å²) < 4.78 is 4.83. The fraction of sp³-hybridized carbons (Fsp3) is 0.444. The smallest absolute Gasteiger partial charge is 0.225 e. The van der Waals surface area contributed by atoms with E-state index in [-0.39, 0.29) is 11.2 Å². The molecule has 15 heavy (non-hydrogen) atoms. The Hall–Kier alpha value is -1.20. The van der Waals surface area contributed by atoms with E-state index in [2.05, 4.69) is 15.3 Å². The zero-order valence-corrected chi connectivity index (χ0v) is 9.12. The van der Waals surface area contributed by atoms with Gasteiger partial charge in [-0.05, 0) is 24.1 Å².